The lowest BCUT2D eigenvalue weighted by Gasteiger charge is -2.39. The molecule has 2 amide bonds. The molecule has 3 atom stereocenters. The minimum atomic E-state index is -0.322. The predicted octanol–water partition coefficient (Wildman–Crippen LogP) is 0.965. The van der Waals surface area contributed by atoms with Gasteiger partial charge in [-0.05, 0) is 32.2 Å². The lowest BCUT2D eigenvalue weighted by Crippen LogP contribution is -2.55. The van der Waals surface area contributed by atoms with Crippen molar-refractivity contribution < 1.29 is 9.90 Å². The number of hydrogen-bond donors (Lipinski definition) is 3. The summed E-state index contributed by atoms with van der Waals surface area (Å²) in [4.78, 5) is 16.8. The van der Waals surface area contributed by atoms with Crippen molar-refractivity contribution in [1.82, 2.24) is 20.4 Å². The first-order valence-corrected chi connectivity index (χ1v) is 8.92. The monoisotopic (exact) mass is 328 g/mol. The molecule has 0 aliphatic carbocycles. The van der Waals surface area contributed by atoms with E-state index in [2.05, 4.69) is 41.3 Å². The van der Waals surface area contributed by atoms with Crippen molar-refractivity contribution in [3.05, 3.63) is 0 Å². The third-order valence-corrected chi connectivity index (χ3v) is 4.60. The number of carbonyl (C=O) groups is 1. The van der Waals surface area contributed by atoms with Gasteiger partial charge in [-0.15, -0.1) is 0 Å². The maximum Gasteiger partial charge on any atom is 0.314 e. The van der Waals surface area contributed by atoms with Crippen molar-refractivity contribution in [2.45, 2.75) is 46.3 Å². The molecule has 3 unspecified atom stereocenters. The smallest absolute Gasteiger partial charge is 0.314 e. The van der Waals surface area contributed by atoms with Gasteiger partial charge in [-0.2, -0.15) is 0 Å². The van der Waals surface area contributed by atoms with Crippen LogP contribution in [0.3, 0.4) is 0 Å². The predicted molar refractivity (Wildman–Crippen MR) is 94.6 cm³/mol. The third kappa shape index (κ3) is 7.99. The third-order valence-electron chi connectivity index (χ3n) is 4.60. The second-order valence-corrected chi connectivity index (χ2v) is 7.43. The van der Waals surface area contributed by atoms with Crippen LogP contribution in [0, 0.1) is 11.8 Å². The summed E-state index contributed by atoms with van der Waals surface area (Å²) in [6.45, 7) is 13.8. The maximum atomic E-state index is 12.0. The second-order valence-electron chi connectivity index (χ2n) is 7.43. The number of aliphatic hydroxyl groups excluding tert-OH is 1. The molecule has 1 heterocycles. The summed E-state index contributed by atoms with van der Waals surface area (Å²) in [6.07, 6.45) is 0.383. The molecule has 1 saturated heterocycles. The van der Waals surface area contributed by atoms with Crippen molar-refractivity contribution in [3.63, 3.8) is 0 Å². The highest BCUT2D eigenvalue weighted by Crippen LogP contribution is 2.12. The number of rotatable bonds is 8. The molecule has 0 bridgehead atoms. The highest BCUT2D eigenvalue weighted by molar-refractivity contribution is 5.73. The quantitative estimate of drug-likeness (QED) is 0.621. The Balaban J connectivity index is 2.33. The molecule has 1 fully saturated rings. The molecule has 0 spiro atoms. The molecule has 3 N–H and O–H groups in total. The van der Waals surface area contributed by atoms with Crippen LogP contribution >= 0.6 is 0 Å². The van der Waals surface area contributed by atoms with E-state index in [9.17, 15) is 9.90 Å². The molecule has 1 aliphatic heterocycles. The number of aliphatic hydroxyl groups is 1. The van der Waals surface area contributed by atoms with E-state index in [-0.39, 0.29) is 18.1 Å². The van der Waals surface area contributed by atoms with Crippen molar-refractivity contribution in [1.29, 1.82) is 0 Å². The van der Waals surface area contributed by atoms with E-state index < -0.39 is 0 Å². The zero-order valence-corrected chi connectivity index (χ0v) is 15.5. The number of likely N-dealkylation sites (N-methyl/N-ethyl adjacent to an activating group) is 1. The molecule has 1 aliphatic rings. The van der Waals surface area contributed by atoms with Crippen LogP contribution in [-0.4, -0.2) is 79.4 Å². The van der Waals surface area contributed by atoms with Gasteiger partial charge in [0.1, 0.15) is 0 Å². The minimum Gasteiger partial charge on any atom is -0.393 e. The average molecular weight is 329 g/mol. The van der Waals surface area contributed by atoms with Crippen molar-refractivity contribution >= 4 is 6.03 Å². The van der Waals surface area contributed by atoms with Gasteiger partial charge in [0.15, 0.2) is 0 Å². The summed E-state index contributed by atoms with van der Waals surface area (Å²) in [7, 11) is 2.15. The van der Waals surface area contributed by atoms with Crippen molar-refractivity contribution in [2.75, 3.05) is 46.3 Å². The molecule has 0 aromatic carbocycles. The average Bonchev–Trinajstić information content (AvgIpc) is 2.46. The van der Waals surface area contributed by atoms with Crippen LogP contribution in [0.25, 0.3) is 0 Å². The molecule has 1 rings (SSSR count). The van der Waals surface area contributed by atoms with E-state index >= 15 is 0 Å². The van der Waals surface area contributed by atoms with Gasteiger partial charge in [0.2, 0.25) is 0 Å². The molecule has 136 valence electrons. The van der Waals surface area contributed by atoms with Gasteiger partial charge in [0.25, 0.3) is 0 Å². The number of amides is 2. The summed E-state index contributed by atoms with van der Waals surface area (Å²) in [5.41, 5.74) is 0. The summed E-state index contributed by atoms with van der Waals surface area (Å²) >= 11 is 0. The minimum absolute atomic E-state index is 0.109. The summed E-state index contributed by atoms with van der Waals surface area (Å²) in [5.74, 6) is 0.784. The van der Waals surface area contributed by atoms with Crippen molar-refractivity contribution in [2.24, 2.45) is 11.8 Å². The molecule has 0 aromatic rings. The Morgan fingerprint density at radius 3 is 2.13 bits per heavy atom. The first-order valence-electron chi connectivity index (χ1n) is 8.92. The Morgan fingerprint density at radius 1 is 1.04 bits per heavy atom. The Kier molecular flexibility index (Phi) is 8.87. The van der Waals surface area contributed by atoms with E-state index in [0.29, 0.717) is 31.5 Å². The highest BCUT2D eigenvalue weighted by atomic mass is 16.3. The number of piperazine rings is 1. The normalized spacial score (nSPS) is 21.0. The Bertz CT molecular complexity index is 341. The maximum absolute atomic E-state index is 12.0. The molecule has 6 nitrogen and oxygen atoms in total. The summed E-state index contributed by atoms with van der Waals surface area (Å²) in [5, 5.41) is 15.3. The second kappa shape index (κ2) is 10.1. The van der Waals surface area contributed by atoms with E-state index in [0.717, 1.165) is 26.2 Å². The first-order chi connectivity index (χ1) is 10.8. The van der Waals surface area contributed by atoms with Gasteiger partial charge in [-0.1, -0.05) is 20.8 Å². The van der Waals surface area contributed by atoms with Crippen LogP contribution in [0.2, 0.25) is 0 Å². The van der Waals surface area contributed by atoms with Gasteiger partial charge < -0.3 is 20.6 Å². The molecule has 0 radical (unpaired) electrons. The van der Waals surface area contributed by atoms with Gasteiger partial charge in [0.05, 0.1) is 6.10 Å². The van der Waals surface area contributed by atoms with Crippen LogP contribution in [-0.2, 0) is 0 Å². The fraction of sp³-hybridized carbons (Fsp3) is 0.941. The van der Waals surface area contributed by atoms with Gasteiger partial charge in [-0.25, -0.2) is 4.79 Å². The largest absolute Gasteiger partial charge is 0.393 e. The Hall–Kier alpha value is -0.850. The molecule has 6 heteroatoms. The molecule has 23 heavy (non-hydrogen) atoms. The van der Waals surface area contributed by atoms with Crippen LogP contribution in [0.5, 0.6) is 0 Å². The fourth-order valence-corrected chi connectivity index (χ4v) is 3.13. The fourth-order valence-electron chi connectivity index (χ4n) is 3.13. The lowest BCUT2D eigenvalue weighted by molar-refractivity contribution is 0.0887. The zero-order valence-electron chi connectivity index (χ0n) is 15.5. The SMILES string of the molecule is CC(O)CC(C)CNC(=O)NCC(C(C)C)N1CCN(C)CC1. The topological polar surface area (TPSA) is 67.8 Å². The lowest BCUT2D eigenvalue weighted by atomic mass is 10.0. The molecular weight excluding hydrogens is 292 g/mol. The molecule has 0 saturated carbocycles. The summed E-state index contributed by atoms with van der Waals surface area (Å²) in [6, 6.07) is 0.270. The Morgan fingerprint density at radius 2 is 1.61 bits per heavy atom. The van der Waals surface area contributed by atoms with Gasteiger partial charge in [0, 0.05) is 45.3 Å². The van der Waals surface area contributed by atoms with Gasteiger partial charge in [-0.3, -0.25) is 4.90 Å². The Labute approximate surface area is 141 Å². The van der Waals surface area contributed by atoms with E-state index in [4.69, 9.17) is 0 Å². The van der Waals surface area contributed by atoms with Gasteiger partial charge >= 0.3 is 6.03 Å². The van der Waals surface area contributed by atoms with Crippen LogP contribution < -0.4 is 10.6 Å². The number of urea groups is 1. The van der Waals surface area contributed by atoms with E-state index in [1.54, 1.807) is 6.92 Å². The van der Waals surface area contributed by atoms with Crippen LogP contribution in [0.15, 0.2) is 0 Å². The van der Waals surface area contributed by atoms with E-state index in [1.165, 1.54) is 0 Å². The number of nitrogens with one attached hydrogen (secondary N) is 2. The molecule has 0 aromatic heterocycles. The van der Waals surface area contributed by atoms with Crippen LogP contribution in [0.4, 0.5) is 4.79 Å². The highest BCUT2D eigenvalue weighted by Gasteiger charge is 2.25. The molecular formula is C17H36N4O2. The first kappa shape index (κ1) is 20.2. The number of hydrogen-bond acceptors (Lipinski definition) is 4. The standard InChI is InChI=1S/C17H36N4O2/c1-13(2)16(21-8-6-20(5)7-9-21)12-19-17(23)18-11-14(3)10-15(4)22/h13-16,22H,6-12H2,1-5H3,(H2,18,19,23). The van der Waals surface area contributed by atoms with Crippen molar-refractivity contribution in [3.8, 4) is 0 Å². The summed E-state index contributed by atoms with van der Waals surface area (Å²) < 4.78 is 0. The number of carbonyl (C=O) groups excluding carboxylic acids is 1. The van der Waals surface area contributed by atoms with E-state index in [1.807, 2.05) is 6.92 Å². The number of nitrogens with zero attached hydrogens (tertiary/aromatic N) is 2. The zero-order chi connectivity index (χ0) is 17.4. The van der Waals surface area contributed by atoms with Crippen LogP contribution in [0.1, 0.15) is 34.1 Å².